The maximum Gasteiger partial charge on any atom is 0.416 e. The number of aromatic nitrogens is 2. The van der Waals surface area contributed by atoms with Crippen molar-refractivity contribution in [1.29, 1.82) is 0 Å². The van der Waals surface area contributed by atoms with Gasteiger partial charge in [0.05, 0.1) is 18.5 Å². The number of aryl methyl sites for hydroxylation is 1. The Morgan fingerprint density at radius 1 is 1.17 bits per heavy atom. The zero-order valence-electron chi connectivity index (χ0n) is 15.9. The molecule has 0 radical (unpaired) electrons. The largest absolute Gasteiger partial charge is 0.481 e. The molecule has 8 nitrogen and oxygen atoms in total. The number of anilines is 2. The van der Waals surface area contributed by atoms with Crippen molar-refractivity contribution in [2.75, 3.05) is 42.9 Å². The normalized spacial score (nSPS) is 15.2. The molecule has 0 bridgehead atoms. The lowest BCUT2D eigenvalue weighted by Gasteiger charge is -2.35. The number of nitrogens with one attached hydrogen (secondary N) is 1. The third kappa shape index (κ3) is 6.13. The fourth-order valence-corrected chi connectivity index (χ4v) is 3.78. The second kappa shape index (κ2) is 9.39. The number of rotatable bonds is 7. The Labute approximate surface area is 174 Å². The first kappa shape index (κ1) is 22.0. The number of benzene rings is 1. The number of hydrogen-bond donors (Lipinski definition) is 2. The van der Waals surface area contributed by atoms with Crippen molar-refractivity contribution in [3.05, 3.63) is 34.8 Å². The van der Waals surface area contributed by atoms with E-state index in [9.17, 15) is 22.8 Å². The number of carboxylic acid groups (broad SMARTS) is 1. The summed E-state index contributed by atoms with van der Waals surface area (Å²) in [7, 11) is 0. The molecule has 0 saturated carbocycles. The van der Waals surface area contributed by atoms with Crippen LogP contribution in [0.25, 0.3) is 0 Å². The average Bonchev–Trinajstić information content (AvgIpc) is 3.13. The van der Waals surface area contributed by atoms with Gasteiger partial charge in [0.15, 0.2) is 0 Å². The lowest BCUT2D eigenvalue weighted by atomic mass is 10.1. The Morgan fingerprint density at radius 3 is 2.57 bits per heavy atom. The molecule has 3 rings (SSSR count). The monoisotopic (exact) mass is 443 g/mol. The predicted molar refractivity (Wildman–Crippen MR) is 105 cm³/mol. The van der Waals surface area contributed by atoms with Gasteiger partial charge in [0.1, 0.15) is 5.01 Å². The van der Waals surface area contributed by atoms with Crippen LogP contribution in [0.5, 0.6) is 0 Å². The van der Waals surface area contributed by atoms with E-state index in [1.165, 1.54) is 6.07 Å². The van der Waals surface area contributed by atoms with Gasteiger partial charge in [0.25, 0.3) is 0 Å². The van der Waals surface area contributed by atoms with Crippen molar-refractivity contribution in [2.24, 2.45) is 0 Å². The molecule has 1 saturated heterocycles. The van der Waals surface area contributed by atoms with E-state index in [2.05, 4.69) is 15.5 Å². The molecule has 162 valence electrons. The molecule has 30 heavy (non-hydrogen) atoms. The molecule has 1 aromatic carbocycles. The average molecular weight is 443 g/mol. The third-order valence-electron chi connectivity index (χ3n) is 4.54. The van der Waals surface area contributed by atoms with Crippen LogP contribution in [-0.2, 0) is 22.2 Å². The first-order valence-electron chi connectivity index (χ1n) is 9.19. The minimum atomic E-state index is -4.38. The number of hydrogen-bond acceptors (Lipinski definition) is 7. The van der Waals surface area contributed by atoms with Gasteiger partial charge in [-0.25, -0.2) is 0 Å². The van der Waals surface area contributed by atoms with E-state index in [4.69, 9.17) is 5.11 Å². The Kier molecular flexibility index (Phi) is 6.87. The van der Waals surface area contributed by atoms with E-state index in [1.807, 2.05) is 9.80 Å². The fraction of sp³-hybridized carbons (Fsp3) is 0.444. The molecule has 1 aliphatic heterocycles. The molecular weight excluding hydrogens is 423 g/mol. The van der Waals surface area contributed by atoms with Gasteiger partial charge in [-0.15, -0.1) is 10.2 Å². The molecular formula is C18H20F3N5O3S. The third-order valence-corrected chi connectivity index (χ3v) is 5.44. The lowest BCUT2D eigenvalue weighted by molar-refractivity contribution is -0.138. The van der Waals surface area contributed by atoms with Crippen molar-refractivity contribution in [3.63, 3.8) is 0 Å². The maximum atomic E-state index is 12.9. The van der Waals surface area contributed by atoms with E-state index >= 15 is 0 Å². The number of amides is 1. The summed E-state index contributed by atoms with van der Waals surface area (Å²) < 4.78 is 38.7. The highest BCUT2D eigenvalue weighted by atomic mass is 32.1. The first-order valence-corrected chi connectivity index (χ1v) is 10.0. The Hall–Kier alpha value is -2.73. The molecule has 0 spiro atoms. The molecule has 1 fully saturated rings. The van der Waals surface area contributed by atoms with Crippen LogP contribution in [0.3, 0.4) is 0 Å². The van der Waals surface area contributed by atoms with Crippen LogP contribution in [0.2, 0.25) is 0 Å². The zero-order valence-corrected chi connectivity index (χ0v) is 16.7. The van der Waals surface area contributed by atoms with E-state index in [1.54, 1.807) is 6.07 Å². The first-order chi connectivity index (χ1) is 14.2. The second-order valence-electron chi connectivity index (χ2n) is 6.75. The van der Waals surface area contributed by atoms with E-state index in [0.29, 0.717) is 42.0 Å². The van der Waals surface area contributed by atoms with Gasteiger partial charge in [-0.2, -0.15) is 13.2 Å². The minimum absolute atomic E-state index is 0.0568. The van der Waals surface area contributed by atoms with Gasteiger partial charge >= 0.3 is 12.1 Å². The van der Waals surface area contributed by atoms with Crippen LogP contribution < -0.4 is 10.2 Å². The topological polar surface area (TPSA) is 98.7 Å². The number of halogens is 3. The van der Waals surface area contributed by atoms with Crippen molar-refractivity contribution < 1.29 is 27.9 Å². The van der Waals surface area contributed by atoms with Crippen LogP contribution in [-0.4, -0.2) is 64.8 Å². The predicted octanol–water partition coefficient (Wildman–Crippen LogP) is 2.33. The highest BCUT2D eigenvalue weighted by molar-refractivity contribution is 7.15. The number of aliphatic carboxylic acids is 1. The van der Waals surface area contributed by atoms with Gasteiger partial charge in [-0.1, -0.05) is 17.4 Å². The molecule has 2 heterocycles. The summed E-state index contributed by atoms with van der Waals surface area (Å²) in [5.41, 5.74) is -0.168. The van der Waals surface area contributed by atoms with Gasteiger partial charge in [0.2, 0.25) is 11.0 Å². The van der Waals surface area contributed by atoms with Crippen LogP contribution in [0.15, 0.2) is 24.3 Å². The minimum Gasteiger partial charge on any atom is -0.481 e. The van der Waals surface area contributed by atoms with E-state index in [0.717, 1.165) is 23.5 Å². The molecule has 0 unspecified atom stereocenters. The zero-order chi connectivity index (χ0) is 21.7. The number of carbonyl (C=O) groups is 2. The highest BCUT2D eigenvalue weighted by Crippen LogP contribution is 2.31. The SMILES string of the molecule is O=C(O)CCc1nnc(NC(=O)CN2CCN(c3cccc(C(F)(F)F)c3)CC2)s1. The number of carboxylic acids is 1. The molecule has 12 heteroatoms. The standard InChI is InChI=1S/C18H20F3N5O3S/c19-18(20,21)12-2-1-3-13(10-12)26-8-6-25(7-9-26)11-14(27)22-17-24-23-15(30-17)4-5-16(28)29/h1-3,10H,4-9,11H2,(H,28,29)(H,22,24,27). The number of nitrogens with zero attached hydrogens (tertiary/aromatic N) is 4. The molecule has 1 aliphatic rings. The van der Waals surface area contributed by atoms with Crippen molar-refractivity contribution >= 4 is 34.0 Å². The number of piperazine rings is 1. The molecule has 0 aliphatic carbocycles. The summed E-state index contributed by atoms with van der Waals surface area (Å²) in [6.07, 6.45) is -4.19. The van der Waals surface area contributed by atoms with Crippen LogP contribution in [0.1, 0.15) is 17.0 Å². The van der Waals surface area contributed by atoms with Gasteiger partial charge < -0.3 is 10.0 Å². The number of carbonyl (C=O) groups excluding carboxylic acids is 1. The summed E-state index contributed by atoms with van der Waals surface area (Å²) in [4.78, 5) is 26.6. The summed E-state index contributed by atoms with van der Waals surface area (Å²) in [6.45, 7) is 2.20. The van der Waals surface area contributed by atoms with Crippen LogP contribution in [0.4, 0.5) is 24.0 Å². The summed E-state index contributed by atoms with van der Waals surface area (Å²) >= 11 is 1.13. The smallest absolute Gasteiger partial charge is 0.416 e. The summed E-state index contributed by atoms with van der Waals surface area (Å²) in [6, 6.07) is 5.23. The van der Waals surface area contributed by atoms with Crippen molar-refractivity contribution in [1.82, 2.24) is 15.1 Å². The quantitative estimate of drug-likeness (QED) is 0.678. The maximum absolute atomic E-state index is 12.9. The fourth-order valence-electron chi connectivity index (χ4n) is 3.02. The molecule has 1 amide bonds. The van der Waals surface area contributed by atoms with Gasteiger partial charge in [0, 0.05) is 38.3 Å². The van der Waals surface area contributed by atoms with E-state index in [-0.39, 0.29) is 25.3 Å². The second-order valence-corrected chi connectivity index (χ2v) is 7.82. The molecule has 2 aromatic rings. The molecule has 0 atom stereocenters. The number of alkyl halides is 3. The van der Waals surface area contributed by atoms with Crippen LogP contribution in [0, 0.1) is 0 Å². The Bertz CT molecular complexity index is 897. The van der Waals surface area contributed by atoms with Crippen molar-refractivity contribution in [2.45, 2.75) is 19.0 Å². The van der Waals surface area contributed by atoms with Gasteiger partial charge in [-0.05, 0) is 18.2 Å². The highest BCUT2D eigenvalue weighted by Gasteiger charge is 2.31. The Morgan fingerprint density at radius 2 is 1.90 bits per heavy atom. The summed E-state index contributed by atoms with van der Waals surface area (Å²) in [5.74, 6) is -1.21. The van der Waals surface area contributed by atoms with Gasteiger partial charge in [-0.3, -0.25) is 19.8 Å². The summed E-state index contributed by atoms with van der Waals surface area (Å²) in [5, 5.41) is 19.8. The molecule has 1 aromatic heterocycles. The lowest BCUT2D eigenvalue weighted by Crippen LogP contribution is -2.48. The Balaban J connectivity index is 1.47. The van der Waals surface area contributed by atoms with Crippen molar-refractivity contribution in [3.8, 4) is 0 Å². The van der Waals surface area contributed by atoms with Crippen LogP contribution >= 0.6 is 11.3 Å². The molecule has 2 N–H and O–H groups in total. The van der Waals surface area contributed by atoms with E-state index < -0.39 is 17.7 Å².